The third kappa shape index (κ3) is 4.50. The minimum atomic E-state index is -0.135. The molecule has 0 atom stereocenters. The third-order valence-corrected chi connectivity index (χ3v) is 4.14. The maximum atomic E-state index is 12.6. The zero-order chi connectivity index (χ0) is 19.1. The molecule has 0 spiro atoms. The molecule has 0 radical (unpaired) electrons. The van der Waals surface area contributed by atoms with Gasteiger partial charge in [0.2, 0.25) is 0 Å². The van der Waals surface area contributed by atoms with Crippen molar-refractivity contribution < 1.29 is 19.0 Å². The molecule has 1 amide bonds. The summed E-state index contributed by atoms with van der Waals surface area (Å²) in [4.78, 5) is 12.6. The first-order valence-electron chi connectivity index (χ1n) is 8.92. The highest BCUT2D eigenvalue weighted by atomic mass is 16.5. The van der Waals surface area contributed by atoms with E-state index in [2.05, 4.69) is 5.32 Å². The van der Waals surface area contributed by atoms with Crippen molar-refractivity contribution >= 4 is 16.7 Å². The van der Waals surface area contributed by atoms with Crippen LogP contribution in [0.5, 0.6) is 17.2 Å². The Balaban J connectivity index is 1.57. The summed E-state index contributed by atoms with van der Waals surface area (Å²) >= 11 is 0. The fourth-order valence-corrected chi connectivity index (χ4v) is 2.87. The van der Waals surface area contributed by atoms with Gasteiger partial charge in [-0.1, -0.05) is 24.3 Å². The number of hydrogen-bond donors (Lipinski definition) is 1. The van der Waals surface area contributed by atoms with Gasteiger partial charge in [0.1, 0.15) is 23.9 Å². The average molecular weight is 365 g/mol. The van der Waals surface area contributed by atoms with E-state index in [0.717, 1.165) is 28.0 Å². The summed E-state index contributed by atoms with van der Waals surface area (Å²) in [7, 11) is 1.62. The summed E-state index contributed by atoms with van der Waals surface area (Å²) in [5.74, 6) is 2.16. The molecule has 27 heavy (non-hydrogen) atoms. The van der Waals surface area contributed by atoms with E-state index in [1.807, 2.05) is 61.5 Å². The van der Waals surface area contributed by atoms with Crippen LogP contribution in [-0.2, 0) is 0 Å². The Morgan fingerprint density at radius 2 is 1.56 bits per heavy atom. The van der Waals surface area contributed by atoms with Gasteiger partial charge in [0.05, 0.1) is 20.3 Å². The van der Waals surface area contributed by atoms with E-state index in [9.17, 15) is 4.79 Å². The first-order chi connectivity index (χ1) is 13.2. The number of rotatable bonds is 8. The Bertz CT molecular complexity index is 906. The standard InChI is InChI=1S/C22H23NO4/c1-3-26-16-8-10-17(11-9-16)27-15-14-23-22(24)20-12-13-21(25-2)19-7-5-4-6-18(19)20/h4-13H,3,14-15H2,1-2H3,(H,23,24). The zero-order valence-electron chi connectivity index (χ0n) is 15.5. The molecule has 3 rings (SSSR count). The Morgan fingerprint density at radius 1 is 0.889 bits per heavy atom. The molecule has 0 aliphatic rings. The minimum absolute atomic E-state index is 0.135. The lowest BCUT2D eigenvalue weighted by atomic mass is 10.0. The van der Waals surface area contributed by atoms with Crippen LogP contribution in [-0.4, -0.2) is 32.8 Å². The molecule has 3 aromatic rings. The summed E-state index contributed by atoms with van der Waals surface area (Å²) < 4.78 is 16.4. The highest BCUT2D eigenvalue weighted by Gasteiger charge is 2.12. The minimum Gasteiger partial charge on any atom is -0.496 e. The maximum absolute atomic E-state index is 12.6. The van der Waals surface area contributed by atoms with Gasteiger partial charge >= 0.3 is 0 Å². The van der Waals surface area contributed by atoms with Crippen molar-refractivity contribution in [1.29, 1.82) is 0 Å². The number of fused-ring (bicyclic) bond motifs is 1. The second-order valence-corrected chi connectivity index (χ2v) is 5.87. The van der Waals surface area contributed by atoms with Crippen molar-refractivity contribution in [3.8, 4) is 17.2 Å². The summed E-state index contributed by atoms with van der Waals surface area (Å²) in [6, 6.07) is 18.7. The zero-order valence-corrected chi connectivity index (χ0v) is 15.5. The van der Waals surface area contributed by atoms with Crippen LogP contribution in [0.1, 0.15) is 17.3 Å². The predicted octanol–water partition coefficient (Wildman–Crippen LogP) is 4.06. The molecule has 0 heterocycles. The number of amides is 1. The van der Waals surface area contributed by atoms with Crippen molar-refractivity contribution in [2.75, 3.05) is 26.9 Å². The van der Waals surface area contributed by atoms with Crippen LogP contribution in [0.15, 0.2) is 60.7 Å². The lowest BCUT2D eigenvalue weighted by molar-refractivity contribution is 0.0948. The molecule has 5 heteroatoms. The molecule has 0 fully saturated rings. The number of carbonyl (C=O) groups is 1. The molecule has 0 aromatic heterocycles. The van der Waals surface area contributed by atoms with E-state index in [0.29, 0.717) is 25.3 Å². The van der Waals surface area contributed by atoms with Gasteiger partial charge in [-0.2, -0.15) is 0 Å². The number of methoxy groups -OCH3 is 1. The summed E-state index contributed by atoms with van der Waals surface area (Å²) in [6.45, 7) is 3.37. The fraction of sp³-hybridized carbons (Fsp3) is 0.227. The van der Waals surface area contributed by atoms with Crippen LogP contribution in [0.2, 0.25) is 0 Å². The topological polar surface area (TPSA) is 56.8 Å². The number of ether oxygens (including phenoxy) is 3. The van der Waals surface area contributed by atoms with Gasteiger partial charge in [0.15, 0.2) is 0 Å². The normalized spacial score (nSPS) is 10.4. The molecule has 0 aliphatic carbocycles. The van der Waals surface area contributed by atoms with E-state index >= 15 is 0 Å². The Hall–Kier alpha value is -3.21. The SMILES string of the molecule is CCOc1ccc(OCCNC(=O)c2ccc(OC)c3ccccc23)cc1. The molecule has 1 N–H and O–H groups in total. The molecule has 0 saturated carbocycles. The highest BCUT2D eigenvalue weighted by molar-refractivity contribution is 6.08. The second-order valence-electron chi connectivity index (χ2n) is 5.87. The molecular formula is C22H23NO4. The quantitative estimate of drug-likeness (QED) is 0.612. The van der Waals surface area contributed by atoms with Crippen molar-refractivity contribution in [2.24, 2.45) is 0 Å². The van der Waals surface area contributed by atoms with Crippen LogP contribution < -0.4 is 19.5 Å². The van der Waals surface area contributed by atoms with E-state index < -0.39 is 0 Å². The summed E-state index contributed by atoms with van der Waals surface area (Å²) in [5, 5.41) is 4.68. The predicted molar refractivity (Wildman–Crippen MR) is 106 cm³/mol. The highest BCUT2D eigenvalue weighted by Crippen LogP contribution is 2.28. The van der Waals surface area contributed by atoms with Crippen molar-refractivity contribution in [1.82, 2.24) is 5.32 Å². The molecule has 0 aliphatic heterocycles. The lowest BCUT2D eigenvalue weighted by Gasteiger charge is -2.11. The Kier molecular flexibility index (Phi) is 6.15. The van der Waals surface area contributed by atoms with Gasteiger partial charge in [0.25, 0.3) is 5.91 Å². The molecule has 0 bridgehead atoms. The molecule has 5 nitrogen and oxygen atoms in total. The number of hydrogen-bond acceptors (Lipinski definition) is 4. The van der Waals surface area contributed by atoms with Crippen LogP contribution in [0.25, 0.3) is 10.8 Å². The van der Waals surface area contributed by atoms with Crippen LogP contribution in [0.3, 0.4) is 0 Å². The number of benzene rings is 3. The van der Waals surface area contributed by atoms with Gasteiger partial charge in [-0.25, -0.2) is 0 Å². The smallest absolute Gasteiger partial charge is 0.252 e. The average Bonchev–Trinajstić information content (AvgIpc) is 2.71. The van der Waals surface area contributed by atoms with Gasteiger partial charge < -0.3 is 19.5 Å². The lowest BCUT2D eigenvalue weighted by Crippen LogP contribution is -2.28. The van der Waals surface area contributed by atoms with Crippen LogP contribution >= 0.6 is 0 Å². The van der Waals surface area contributed by atoms with E-state index in [1.165, 1.54) is 0 Å². The van der Waals surface area contributed by atoms with Gasteiger partial charge in [-0.3, -0.25) is 4.79 Å². The van der Waals surface area contributed by atoms with Gasteiger partial charge in [-0.05, 0) is 48.7 Å². The number of nitrogens with one attached hydrogen (secondary N) is 1. The third-order valence-electron chi connectivity index (χ3n) is 4.14. The molecule has 0 unspecified atom stereocenters. The van der Waals surface area contributed by atoms with E-state index in [4.69, 9.17) is 14.2 Å². The fourth-order valence-electron chi connectivity index (χ4n) is 2.87. The van der Waals surface area contributed by atoms with E-state index in [-0.39, 0.29) is 5.91 Å². The first-order valence-corrected chi connectivity index (χ1v) is 8.92. The molecule has 140 valence electrons. The van der Waals surface area contributed by atoms with E-state index in [1.54, 1.807) is 13.2 Å². The van der Waals surface area contributed by atoms with Crippen LogP contribution in [0, 0.1) is 0 Å². The first kappa shape index (κ1) is 18.6. The largest absolute Gasteiger partial charge is 0.496 e. The molecule has 3 aromatic carbocycles. The van der Waals surface area contributed by atoms with Gasteiger partial charge in [0, 0.05) is 10.9 Å². The maximum Gasteiger partial charge on any atom is 0.252 e. The second kappa shape index (κ2) is 8.94. The van der Waals surface area contributed by atoms with Gasteiger partial charge in [-0.15, -0.1) is 0 Å². The summed E-state index contributed by atoms with van der Waals surface area (Å²) in [5.41, 5.74) is 0.618. The summed E-state index contributed by atoms with van der Waals surface area (Å²) in [6.07, 6.45) is 0. The molecular weight excluding hydrogens is 342 g/mol. The Labute approximate surface area is 158 Å². The van der Waals surface area contributed by atoms with Crippen molar-refractivity contribution in [3.63, 3.8) is 0 Å². The number of carbonyl (C=O) groups excluding carboxylic acids is 1. The van der Waals surface area contributed by atoms with Crippen LogP contribution in [0.4, 0.5) is 0 Å². The molecule has 0 saturated heterocycles. The Morgan fingerprint density at radius 3 is 2.22 bits per heavy atom. The van der Waals surface area contributed by atoms with Crippen molar-refractivity contribution in [3.05, 3.63) is 66.2 Å². The van der Waals surface area contributed by atoms with Crippen molar-refractivity contribution in [2.45, 2.75) is 6.92 Å². The monoisotopic (exact) mass is 365 g/mol.